The van der Waals surface area contributed by atoms with Crippen LogP contribution in [0.4, 0.5) is 0 Å². The lowest BCUT2D eigenvalue weighted by molar-refractivity contribution is 0.0525. The van der Waals surface area contributed by atoms with E-state index in [1.165, 1.54) is 0 Å². The Morgan fingerprint density at radius 1 is 1.50 bits per heavy atom. The molecule has 7 heteroatoms. The number of carbonyl (C=O) groups excluding carboxylic acids is 1. The molecule has 1 rings (SSSR count). The summed E-state index contributed by atoms with van der Waals surface area (Å²) >= 11 is 5.07. The Morgan fingerprint density at radius 2 is 2.18 bits per heavy atom. The maximum atomic E-state index is 12.0. The van der Waals surface area contributed by atoms with Gasteiger partial charge in [0, 0.05) is 12.2 Å². The van der Waals surface area contributed by atoms with E-state index in [-0.39, 0.29) is 5.97 Å². The quantitative estimate of drug-likeness (QED) is 0.246. The maximum absolute atomic E-state index is 12.0. The van der Waals surface area contributed by atoms with Crippen LogP contribution in [-0.2, 0) is 4.74 Å². The summed E-state index contributed by atoms with van der Waals surface area (Å²) in [4.78, 5) is 15.1. The van der Waals surface area contributed by atoms with Gasteiger partial charge >= 0.3 is 5.97 Å². The predicted octanol–water partition coefficient (Wildman–Crippen LogP) is 2.18. The number of aromatic nitrogens is 1. The lowest BCUT2D eigenvalue weighted by Gasteiger charge is -2.06. The first kappa shape index (κ1) is 17.9. The van der Waals surface area contributed by atoms with Gasteiger partial charge in [0.2, 0.25) is 0 Å². The number of thiocarbonyl (C=S) groups is 1. The molecule has 0 atom stereocenters. The van der Waals surface area contributed by atoms with Crippen molar-refractivity contribution in [3.8, 4) is 0 Å². The molecule has 0 amide bonds. The number of esters is 1. The molecule has 0 aliphatic heterocycles. The van der Waals surface area contributed by atoms with Crippen molar-refractivity contribution in [2.24, 2.45) is 5.10 Å². The molecule has 120 valence electrons. The molecule has 6 nitrogen and oxygen atoms in total. The summed E-state index contributed by atoms with van der Waals surface area (Å²) in [7, 11) is 0. The minimum absolute atomic E-state index is 0.330. The topological polar surface area (TPSA) is 78.5 Å². The molecule has 22 heavy (non-hydrogen) atoms. The Labute approximate surface area is 136 Å². The maximum Gasteiger partial charge on any atom is 0.340 e. The third kappa shape index (κ3) is 4.42. The van der Waals surface area contributed by atoms with Gasteiger partial charge < -0.3 is 15.0 Å². The van der Waals surface area contributed by atoms with Gasteiger partial charge in [-0.1, -0.05) is 6.08 Å². The molecule has 0 radical (unpaired) electrons. The molecule has 0 saturated carbocycles. The summed E-state index contributed by atoms with van der Waals surface area (Å²) in [5, 5.41) is 7.54. The second-order valence-corrected chi connectivity index (χ2v) is 5.06. The van der Waals surface area contributed by atoms with Gasteiger partial charge in [-0.05, 0) is 45.5 Å². The minimum Gasteiger partial charge on any atom is -0.462 e. The second kappa shape index (κ2) is 8.33. The molecule has 0 aliphatic rings. The van der Waals surface area contributed by atoms with Gasteiger partial charge in [0.05, 0.1) is 23.6 Å². The summed E-state index contributed by atoms with van der Waals surface area (Å²) in [5.41, 5.74) is 6.34. The van der Waals surface area contributed by atoms with E-state index in [0.29, 0.717) is 29.5 Å². The fraction of sp³-hybridized carbons (Fsp3) is 0.400. The lowest BCUT2D eigenvalue weighted by Crippen LogP contribution is -2.32. The third-order valence-electron chi connectivity index (χ3n) is 3.01. The standard InChI is InChI=1S/C15H22N4O2S/c1-6-8-16-15(22)19-18-11(5)13-9(3)12(10(4)17-13)14(20)21-7-2/h6,17H,1,7-8H2,2-5H3,(H2,16,19,22)/b18-11+. The number of ether oxygens (including phenoxy) is 1. The molecular weight excluding hydrogens is 300 g/mol. The average Bonchev–Trinajstić information content (AvgIpc) is 2.77. The van der Waals surface area contributed by atoms with Gasteiger partial charge in [-0.3, -0.25) is 5.43 Å². The van der Waals surface area contributed by atoms with E-state index in [9.17, 15) is 4.79 Å². The van der Waals surface area contributed by atoms with Crippen LogP contribution < -0.4 is 10.7 Å². The number of aromatic amines is 1. The first-order valence-corrected chi connectivity index (χ1v) is 7.38. The SMILES string of the molecule is C=CCNC(=S)N/N=C(\C)c1[nH]c(C)c(C(=O)OCC)c1C. The number of hydrazone groups is 1. The number of H-pyrrole nitrogens is 1. The van der Waals surface area contributed by atoms with E-state index < -0.39 is 0 Å². The fourth-order valence-electron chi connectivity index (χ4n) is 2.02. The average molecular weight is 322 g/mol. The van der Waals surface area contributed by atoms with Crippen LogP contribution in [0.15, 0.2) is 17.8 Å². The number of hydrogen-bond acceptors (Lipinski definition) is 4. The van der Waals surface area contributed by atoms with E-state index >= 15 is 0 Å². The molecule has 0 saturated heterocycles. The number of nitrogens with zero attached hydrogens (tertiary/aromatic N) is 1. The van der Waals surface area contributed by atoms with Gasteiger partial charge in [-0.2, -0.15) is 5.10 Å². The Bertz CT molecular complexity index is 605. The van der Waals surface area contributed by atoms with Crippen molar-refractivity contribution in [2.75, 3.05) is 13.2 Å². The van der Waals surface area contributed by atoms with Crippen molar-refractivity contribution in [2.45, 2.75) is 27.7 Å². The van der Waals surface area contributed by atoms with Crippen LogP contribution in [0.1, 0.15) is 41.2 Å². The van der Waals surface area contributed by atoms with Crippen LogP contribution >= 0.6 is 12.2 Å². The second-order valence-electron chi connectivity index (χ2n) is 4.65. The predicted molar refractivity (Wildman–Crippen MR) is 92.4 cm³/mol. The molecule has 1 aromatic heterocycles. The summed E-state index contributed by atoms with van der Waals surface area (Å²) in [6.45, 7) is 11.8. The first-order chi connectivity index (χ1) is 10.4. The number of hydrogen-bond donors (Lipinski definition) is 3. The zero-order valence-corrected chi connectivity index (χ0v) is 14.2. The van der Waals surface area contributed by atoms with E-state index in [1.54, 1.807) is 13.0 Å². The Hall–Kier alpha value is -2.15. The van der Waals surface area contributed by atoms with Crippen molar-refractivity contribution >= 4 is 29.0 Å². The van der Waals surface area contributed by atoms with Crippen LogP contribution in [0.2, 0.25) is 0 Å². The summed E-state index contributed by atoms with van der Waals surface area (Å²) in [5.74, 6) is -0.330. The molecular formula is C15H22N4O2S. The van der Waals surface area contributed by atoms with Gasteiger partial charge in [-0.15, -0.1) is 6.58 Å². The molecule has 0 aliphatic carbocycles. The molecule has 0 fully saturated rings. The highest BCUT2D eigenvalue weighted by atomic mass is 32.1. The lowest BCUT2D eigenvalue weighted by atomic mass is 10.1. The van der Waals surface area contributed by atoms with Gasteiger partial charge in [0.15, 0.2) is 5.11 Å². The molecule has 1 aromatic rings. The van der Waals surface area contributed by atoms with Crippen LogP contribution in [0.5, 0.6) is 0 Å². The molecule has 0 aromatic carbocycles. The van der Waals surface area contributed by atoms with Crippen LogP contribution in [0.25, 0.3) is 0 Å². The highest BCUT2D eigenvalue weighted by molar-refractivity contribution is 7.80. The van der Waals surface area contributed by atoms with Crippen molar-refractivity contribution in [3.05, 3.63) is 35.2 Å². The smallest absolute Gasteiger partial charge is 0.340 e. The number of nitrogens with one attached hydrogen (secondary N) is 3. The van der Waals surface area contributed by atoms with Crippen molar-refractivity contribution < 1.29 is 9.53 Å². The molecule has 0 spiro atoms. The molecule has 0 unspecified atom stereocenters. The zero-order valence-electron chi connectivity index (χ0n) is 13.4. The highest BCUT2D eigenvalue weighted by Gasteiger charge is 2.20. The van der Waals surface area contributed by atoms with Gasteiger partial charge in [0.25, 0.3) is 0 Å². The summed E-state index contributed by atoms with van der Waals surface area (Å²) in [6.07, 6.45) is 1.70. The minimum atomic E-state index is -0.330. The monoisotopic (exact) mass is 322 g/mol. The van der Waals surface area contributed by atoms with Crippen LogP contribution in [0.3, 0.4) is 0 Å². The normalized spacial score (nSPS) is 11.0. The van der Waals surface area contributed by atoms with Crippen molar-refractivity contribution in [3.63, 3.8) is 0 Å². The third-order valence-corrected chi connectivity index (χ3v) is 3.25. The Balaban J connectivity index is 2.92. The first-order valence-electron chi connectivity index (χ1n) is 6.98. The molecule has 1 heterocycles. The zero-order chi connectivity index (χ0) is 16.7. The van der Waals surface area contributed by atoms with E-state index in [1.807, 2.05) is 20.8 Å². The Kier molecular flexibility index (Phi) is 6.78. The van der Waals surface area contributed by atoms with E-state index in [2.05, 4.69) is 27.4 Å². The highest BCUT2D eigenvalue weighted by Crippen LogP contribution is 2.19. The fourth-order valence-corrected chi connectivity index (χ4v) is 2.15. The number of aryl methyl sites for hydroxylation is 1. The summed E-state index contributed by atoms with van der Waals surface area (Å²) in [6, 6.07) is 0. The van der Waals surface area contributed by atoms with Gasteiger partial charge in [-0.25, -0.2) is 4.79 Å². The summed E-state index contributed by atoms with van der Waals surface area (Å²) < 4.78 is 5.07. The molecule has 0 bridgehead atoms. The van der Waals surface area contributed by atoms with E-state index in [0.717, 1.165) is 17.0 Å². The van der Waals surface area contributed by atoms with E-state index in [4.69, 9.17) is 17.0 Å². The van der Waals surface area contributed by atoms with Crippen LogP contribution in [0, 0.1) is 13.8 Å². The number of rotatable bonds is 6. The Morgan fingerprint density at radius 3 is 2.77 bits per heavy atom. The van der Waals surface area contributed by atoms with Crippen molar-refractivity contribution in [1.29, 1.82) is 0 Å². The van der Waals surface area contributed by atoms with Gasteiger partial charge in [0.1, 0.15) is 0 Å². The molecule has 3 N–H and O–H groups in total. The number of carbonyl (C=O) groups is 1. The van der Waals surface area contributed by atoms with Crippen molar-refractivity contribution in [1.82, 2.24) is 15.7 Å². The van der Waals surface area contributed by atoms with Crippen LogP contribution in [-0.4, -0.2) is 34.9 Å². The largest absolute Gasteiger partial charge is 0.462 e.